The fourth-order valence-corrected chi connectivity index (χ4v) is 6.69. The van der Waals surface area contributed by atoms with Crippen molar-refractivity contribution in [1.29, 1.82) is 0 Å². The van der Waals surface area contributed by atoms with E-state index in [1.54, 1.807) is 4.31 Å². The lowest BCUT2D eigenvalue weighted by Gasteiger charge is -2.36. The lowest BCUT2D eigenvalue weighted by molar-refractivity contribution is 0.232. The van der Waals surface area contributed by atoms with Crippen LogP contribution in [0, 0.1) is 11.8 Å². The summed E-state index contributed by atoms with van der Waals surface area (Å²) in [5.74, 6) is 1.26. The van der Waals surface area contributed by atoms with E-state index in [2.05, 4.69) is 6.92 Å². The highest BCUT2D eigenvalue weighted by atomic mass is 32.2. The maximum Gasteiger partial charge on any atom is 0.282 e. The van der Waals surface area contributed by atoms with Crippen LogP contribution < -0.4 is 0 Å². The minimum Gasteiger partial charge on any atom is -0.195 e. The van der Waals surface area contributed by atoms with Gasteiger partial charge in [-0.25, -0.2) is 0 Å². The molecule has 22 heavy (non-hydrogen) atoms. The van der Waals surface area contributed by atoms with Gasteiger partial charge in [0.25, 0.3) is 10.2 Å². The highest BCUT2D eigenvalue weighted by Crippen LogP contribution is 2.34. The number of nitrogens with zero attached hydrogens (tertiary/aromatic N) is 2. The Labute approximate surface area is 136 Å². The summed E-state index contributed by atoms with van der Waals surface area (Å²) in [7, 11) is -3.23. The van der Waals surface area contributed by atoms with Crippen LogP contribution in [0.25, 0.3) is 0 Å². The van der Waals surface area contributed by atoms with Crippen LogP contribution in [0.5, 0.6) is 0 Å². The third kappa shape index (κ3) is 3.68. The van der Waals surface area contributed by atoms with Gasteiger partial charge in [-0.1, -0.05) is 39.0 Å². The zero-order valence-electron chi connectivity index (χ0n) is 14.0. The molecular weight excluding hydrogens is 296 g/mol. The monoisotopic (exact) mass is 328 g/mol. The summed E-state index contributed by atoms with van der Waals surface area (Å²) >= 11 is 0. The molecule has 1 saturated carbocycles. The first-order valence-electron chi connectivity index (χ1n) is 9.34. The van der Waals surface area contributed by atoms with Crippen molar-refractivity contribution in [1.82, 2.24) is 8.61 Å². The normalized spacial score (nSPS) is 33.3. The summed E-state index contributed by atoms with van der Waals surface area (Å²) in [4.78, 5) is 0. The minimum atomic E-state index is -3.23. The van der Waals surface area contributed by atoms with Crippen molar-refractivity contribution in [3.8, 4) is 0 Å². The summed E-state index contributed by atoms with van der Waals surface area (Å²) in [5.41, 5.74) is 0. The molecular formula is C17H32N2O2S. The van der Waals surface area contributed by atoms with E-state index in [1.807, 2.05) is 4.31 Å². The van der Waals surface area contributed by atoms with Crippen molar-refractivity contribution in [2.24, 2.45) is 11.8 Å². The van der Waals surface area contributed by atoms with E-state index in [0.717, 1.165) is 57.7 Å². The van der Waals surface area contributed by atoms with Crippen LogP contribution in [0.1, 0.15) is 71.1 Å². The molecule has 0 aromatic carbocycles. The summed E-state index contributed by atoms with van der Waals surface area (Å²) in [5, 5.41) is 0. The molecule has 3 fully saturated rings. The molecule has 128 valence electrons. The molecule has 1 aliphatic carbocycles. The third-order valence-corrected chi connectivity index (χ3v) is 7.95. The second kappa shape index (κ2) is 7.18. The van der Waals surface area contributed by atoms with Crippen LogP contribution in [0.3, 0.4) is 0 Å². The molecule has 0 aromatic rings. The van der Waals surface area contributed by atoms with Gasteiger partial charge in [-0.2, -0.15) is 17.0 Å². The molecule has 2 atom stereocenters. The predicted molar refractivity (Wildman–Crippen MR) is 89.8 cm³/mol. The molecule has 3 rings (SSSR count). The Morgan fingerprint density at radius 1 is 0.909 bits per heavy atom. The van der Waals surface area contributed by atoms with Gasteiger partial charge in [-0.05, 0) is 43.9 Å². The molecule has 2 saturated heterocycles. The number of hydrogen-bond acceptors (Lipinski definition) is 2. The molecule has 0 spiro atoms. The molecule has 0 unspecified atom stereocenters. The van der Waals surface area contributed by atoms with Gasteiger partial charge in [0.1, 0.15) is 0 Å². The SMILES string of the molecule is C[C@H]1CCCN(S(=O)(=O)N2CCC[C@@H]2CC2CCCCC2)C1. The third-order valence-electron chi connectivity index (χ3n) is 5.90. The molecule has 0 aromatic heterocycles. The Morgan fingerprint density at radius 2 is 1.64 bits per heavy atom. The van der Waals surface area contributed by atoms with Crippen LogP contribution in [0.4, 0.5) is 0 Å². The highest BCUT2D eigenvalue weighted by Gasteiger charge is 2.40. The van der Waals surface area contributed by atoms with Crippen molar-refractivity contribution in [3.63, 3.8) is 0 Å². The zero-order chi connectivity index (χ0) is 15.6. The summed E-state index contributed by atoms with van der Waals surface area (Å²) in [6.45, 7) is 4.35. The Morgan fingerprint density at radius 3 is 2.36 bits per heavy atom. The van der Waals surface area contributed by atoms with E-state index in [4.69, 9.17) is 0 Å². The second-order valence-electron chi connectivity index (χ2n) is 7.76. The first kappa shape index (κ1) is 16.7. The first-order chi connectivity index (χ1) is 10.6. The topological polar surface area (TPSA) is 40.6 Å². The van der Waals surface area contributed by atoms with E-state index in [0.29, 0.717) is 5.92 Å². The van der Waals surface area contributed by atoms with Crippen LogP contribution in [-0.2, 0) is 10.2 Å². The summed E-state index contributed by atoms with van der Waals surface area (Å²) < 4.78 is 29.7. The zero-order valence-corrected chi connectivity index (χ0v) is 14.9. The van der Waals surface area contributed by atoms with E-state index in [1.165, 1.54) is 32.1 Å². The Balaban J connectivity index is 1.65. The maximum atomic E-state index is 13.0. The van der Waals surface area contributed by atoms with E-state index in [-0.39, 0.29) is 6.04 Å². The molecule has 0 N–H and O–H groups in total. The average molecular weight is 329 g/mol. The highest BCUT2D eigenvalue weighted by molar-refractivity contribution is 7.86. The molecule has 2 heterocycles. The van der Waals surface area contributed by atoms with Gasteiger partial charge in [0.15, 0.2) is 0 Å². The first-order valence-corrected chi connectivity index (χ1v) is 10.7. The van der Waals surface area contributed by atoms with Crippen molar-refractivity contribution in [2.45, 2.75) is 77.2 Å². The van der Waals surface area contributed by atoms with Gasteiger partial charge in [0.2, 0.25) is 0 Å². The van der Waals surface area contributed by atoms with Gasteiger partial charge in [-0.3, -0.25) is 0 Å². The van der Waals surface area contributed by atoms with Crippen molar-refractivity contribution < 1.29 is 8.42 Å². The predicted octanol–water partition coefficient (Wildman–Crippen LogP) is 3.40. The number of hydrogen-bond donors (Lipinski definition) is 0. The Kier molecular flexibility index (Phi) is 5.46. The maximum absolute atomic E-state index is 13.0. The van der Waals surface area contributed by atoms with Crippen LogP contribution in [-0.4, -0.2) is 42.7 Å². The van der Waals surface area contributed by atoms with Gasteiger partial charge >= 0.3 is 0 Å². The molecule has 2 aliphatic heterocycles. The Hall–Kier alpha value is -0.130. The van der Waals surface area contributed by atoms with Crippen LogP contribution >= 0.6 is 0 Å². The quantitative estimate of drug-likeness (QED) is 0.793. The van der Waals surface area contributed by atoms with E-state index < -0.39 is 10.2 Å². The Bertz CT molecular complexity index is 459. The molecule has 0 bridgehead atoms. The van der Waals surface area contributed by atoms with Gasteiger partial charge < -0.3 is 0 Å². The number of rotatable bonds is 4. The fourth-order valence-electron chi connectivity index (χ4n) is 4.66. The summed E-state index contributed by atoms with van der Waals surface area (Å²) in [6, 6.07) is 0.269. The minimum absolute atomic E-state index is 0.269. The molecule has 0 amide bonds. The molecule has 0 radical (unpaired) electrons. The smallest absolute Gasteiger partial charge is 0.195 e. The largest absolute Gasteiger partial charge is 0.282 e. The lowest BCUT2D eigenvalue weighted by atomic mass is 9.84. The number of piperidine rings is 1. The lowest BCUT2D eigenvalue weighted by Crippen LogP contribution is -2.49. The van der Waals surface area contributed by atoms with E-state index in [9.17, 15) is 8.42 Å². The van der Waals surface area contributed by atoms with Crippen molar-refractivity contribution in [3.05, 3.63) is 0 Å². The van der Waals surface area contributed by atoms with Gasteiger partial charge in [-0.15, -0.1) is 0 Å². The summed E-state index contributed by atoms with van der Waals surface area (Å²) in [6.07, 6.45) is 12.1. The fraction of sp³-hybridized carbons (Fsp3) is 1.00. The van der Waals surface area contributed by atoms with Crippen LogP contribution in [0.15, 0.2) is 0 Å². The molecule has 4 nitrogen and oxygen atoms in total. The van der Waals surface area contributed by atoms with Gasteiger partial charge in [0.05, 0.1) is 0 Å². The molecule has 3 aliphatic rings. The van der Waals surface area contributed by atoms with Gasteiger partial charge in [0, 0.05) is 25.7 Å². The average Bonchev–Trinajstić information content (AvgIpc) is 2.97. The standard InChI is InChI=1S/C17H32N2O2S/c1-15-7-5-11-18(14-15)22(20,21)19-12-6-10-17(19)13-16-8-3-2-4-9-16/h15-17H,2-14H2,1H3/t15-,17+/m0/s1. The molecule has 5 heteroatoms. The van der Waals surface area contributed by atoms with Crippen LogP contribution in [0.2, 0.25) is 0 Å². The second-order valence-corrected chi connectivity index (χ2v) is 9.64. The van der Waals surface area contributed by atoms with Crippen molar-refractivity contribution in [2.75, 3.05) is 19.6 Å². The van der Waals surface area contributed by atoms with E-state index >= 15 is 0 Å². The van der Waals surface area contributed by atoms with Crippen molar-refractivity contribution >= 4 is 10.2 Å².